The summed E-state index contributed by atoms with van der Waals surface area (Å²) >= 11 is 0. The Balaban J connectivity index is 1.57. The van der Waals surface area contributed by atoms with Crippen LogP contribution in [0.5, 0.6) is 0 Å². The lowest BCUT2D eigenvalue weighted by Crippen LogP contribution is -2.44. The number of hydrogen-bond acceptors (Lipinski definition) is 3. The van der Waals surface area contributed by atoms with Crippen molar-refractivity contribution < 1.29 is 14.0 Å². The van der Waals surface area contributed by atoms with Crippen LogP contribution in [-0.2, 0) is 16.1 Å². The maximum Gasteiger partial charge on any atom is 0.239 e. The topological polar surface area (TPSA) is 61.4 Å². The van der Waals surface area contributed by atoms with Crippen LogP contribution in [0.2, 0.25) is 0 Å². The summed E-state index contributed by atoms with van der Waals surface area (Å²) in [6.07, 6.45) is 0. The molecule has 3 rings (SSSR count). The van der Waals surface area contributed by atoms with Gasteiger partial charge in [0.1, 0.15) is 5.82 Å². The number of likely N-dealkylation sites (N-methyl/N-ethyl adjacent to an activating group) is 1. The van der Waals surface area contributed by atoms with Gasteiger partial charge in [-0.3, -0.25) is 14.9 Å². The van der Waals surface area contributed by atoms with Crippen LogP contribution in [0, 0.1) is 5.82 Å². The van der Waals surface area contributed by atoms with Gasteiger partial charge in [-0.15, -0.1) is 0 Å². The predicted molar refractivity (Wildman–Crippen MR) is 123 cm³/mol. The first-order valence-electron chi connectivity index (χ1n) is 10.7. The van der Waals surface area contributed by atoms with Crippen molar-refractivity contribution in [2.45, 2.75) is 19.5 Å². The number of nitrogens with zero attached hydrogens (tertiary/aromatic N) is 1. The highest BCUT2D eigenvalue weighted by atomic mass is 19.1. The number of rotatable bonds is 10. The Morgan fingerprint density at radius 3 is 1.97 bits per heavy atom. The van der Waals surface area contributed by atoms with Crippen molar-refractivity contribution in [3.05, 3.63) is 107 Å². The zero-order chi connectivity index (χ0) is 22.8. The monoisotopic (exact) mass is 433 g/mol. The molecule has 6 heteroatoms. The molecule has 0 radical (unpaired) electrons. The third-order valence-corrected chi connectivity index (χ3v) is 5.20. The van der Waals surface area contributed by atoms with E-state index in [4.69, 9.17) is 0 Å². The first-order valence-corrected chi connectivity index (χ1v) is 10.7. The van der Waals surface area contributed by atoms with Crippen LogP contribution in [0.3, 0.4) is 0 Å². The molecule has 32 heavy (non-hydrogen) atoms. The summed E-state index contributed by atoms with van der Waals surface area (Å²) in [4.78, 5) is 26.7. The summed E-state index contributed by atoms with van der Waals surface area (Å²) in [5, 5.41) is 6.12. The van der Waals surface area contributed by atoms with E-state index in [9.17, 15) is 14.0 Å². The highest BCUT2D eigenvalue weighted by molar-refractivity contribution is 5.85. The minimum Gasteiger partial charge on any atom is -0.350 e. The fourth-order valence-electron chi connectivity index (χ4n) is 3.43. The van der Waals surface area contributed by atoms with Crippen molar-refractivity contribution in [1.29, 1.82) is 0 Å². The second-order valence-corrected chi connectivity index (χ2v) is 7.45. The molecule has 0 bridgehead atoms. The van der Waals surface area contributed by atoms with Crippen LogP contribution in [0.1, 0.15) is 29.7 Å². The fraction of sp³-hybridized carbons (Fsp3) is 0.231. The molecular formula is C26H28FN3O2. The Morgan fingerprint density at radius 2 is 1.44 bits per heavy atom. The van der Waals surface area contributed by atoms with Crippen molar-refractivity contribution in [2.75, 3.05) is 19.6 Å². The van der Waals surface area contributed by atoms with Gasteiger partial charge in [0.2, 0.25) is 11.8 Å². The molecule has 0 spiro atoms. The molecule has 5 nitrogen and oxygen atoms in total. The second-order valence-electron chi connectivity index (χ2n) is 7.45. The summed E-state index contributed by atoms with van der Waals surface area (Å²) in [6.45, 7) is 2.63. The van der Waals surface area contributed by atoms with Crippen LogP contribution in [0.15, 0.2) is 84.9 Å². The first-order chi connectivity index (χ1) is 15.6. The minimum atomic E-state index is -0.320. The Morgan fingerprint density at radius 1 is 0.875 bits per heavy atom. The average molecular weight is 434 g/mol. The highest BCUT2D eigenvalue weighted by Crippen LogP contribution is 2.21. The zero-order valence-electron chi connectivity index (χ0n) is 18.1. The minimum absolute atomic E-state index is 0.0282. The number of hydrogen-bond donors (Lipinski definition) is 2. The summed E-state index contributed by atoms with van der Waals surface area (Å²) in [7, 11) is 0. The van der Waals surface area contributed by atoms with E-state index in [0.717, 1.165) is 16.7 Å². The standard InChI is InChI=1S/C26H28FN3O2/c1-2-30(19-24(31)28-17-20-13-15-23(27)16-14-20)25(32)18-29-26(21-9-5-3-6-10-21)22-11-7-4-8-12-22/h3-16,26,29H,2,17-19H2,1H3,(H,28,31). The summed E-state index contributed by atoms with van der Waals surface area (Å²) in [6, 6.07) is 25.7. The highest BCUT2D eigenvalue weighted by Gasteiger charge is 2.19. The number of nitrogens with one attached hydrogen (secondary N) is 2. The molecule has 2 amide bonds. The van der Waals surface area contributed by atoms with Gasteiger partial charge in [0.25, 0.3) is 0 Å². The lowest BCUT2D eigenvalue weighted by atomic mass is 9.99. The van der Waals surface area contributed by atoms with Gasteiger partial charge in [-0.2, -0.15) is 0 Å². The molecule has 0 fully saturated rings. The molecule has 3 aromatic carbocycles. The normalized spacial score (nSPS) is 10.7. The summed E-state index contributed by atoms with van der Waals surface area (Å²) in [5.41, 5.74) is 2.92. The van der Waals surface area contributed by atoms with Gasteiger partial charge in [0.05, 0.1) is 19.1 Å². The van der Waals surface area contributed by atoms with Gasteiger partial charge in [-0.05, 0) is 35.7 Å². The van der Waals surface area contributed by atoms with E-state index in [1.807, 2.05) is 67.6 Å². The number of carbonyl (C=O) groups is 2. The van der Waals surface area contributed by atoms with Gasteiger partial charge < -0.3 is 10.2 Å². The van der Waals surface area contributed by atoms with Gasteiger partial charge in [0, 0.05) is 13.1 Å². The summed E-state index contributed by atoms with van der Waals surface area (Å²) in [5.74, 6) is -0.729. The predicted octanol–water partition coefficient (Wildman–Crippen LogP) is 3.67. The Hall–Kier alpha value is -3.51. The van der Waals surface area contributed by atoms with Gasteiger partial charge in [-0.1, -0.05) is 72.8 Å². The van der Waals surface area contributed by atoms with Crippen molar-refractivity contribution in [1.82, 2.24) is 15.5 Å². The largest absolute Gasteiger partial charge is 0.350 e. The molecule has 3 aromatic rings. The molecule has 0 aliphatic rings. The molecular weight excluding hydrogens is 405 g/mol. The van der Waals surface area contributed by atoms with Crippen molar-refractivity contribution >= 4 is 11.8 Å². The van der Waals surface area contributed by atoms with Crippen LogP contribution < -0.4 is 10.6 Å². The second kappa shape index (κ2) is 11.8. The van der Waals surface area contributed by atoms with E-state index in [2.05, 4.69) is 10.6 Å². The third kappa shape index (κ3) is 6.75. The molecule has 0 aromatic heterocycles. The lowest BCUT2D eigenvalue weighted by molar-refractivity contribution is -0.135. The van der Waals surface area contributed by atoms with Crippen LogP contribution >= 0.6 is 0 Å². The number of carbonyl (C=O) groups excluding carboxylic acids is 2. The fourth-order valence-corrected chi connectivity index (χ4v) is 3.43. The van der Waals surface area contributed by atoms with Crippen molar-refractivity contribution in [3.63, 3.8) is 0 Å². The van der Waals surface area contributed by atoms with Gasteiger partial charge in [-0.25, -0.2) is 4.39 Å². The van der Waals surface area contributed by atoms with Gasteiger partial charge >= 0.3 is 0 Å². The molecule has 0 saturated heterocycles. The number of amides is 2. The molecule has 0 atom stereocenters. The van der Waals surface area contributed by atoms with E-state index >= 15 is 0 Å². The smallest absolute Gasteiger partial charge is 0.239 e. The van der Waals surface area contributed by atoms with E-state index in [1.165, 1.54) is 17.0 Å². The molecule has 2 N–H and O–H groups in total. The molecule has 0 aliphatic carbocycles. The summed E-state index contributed by atoms with van der Waals surface area (Å²) < 4.78 is 13.0. The maximum atomic E-state index is 13.0. The van der Waals surface area contributed by atoms with E-state index < -0.39 is 0 Å². The molecule has 166 valence electrons. The van der Waals surface area contributed by atoms with Crippen molar-refractivity contribution in [2.24, 2.45) is 0 Å². The lowest BCUT2D eigenvalue weighted by Gasteiger charge is -2.24. The quantitative estimate of drug-likeness (QED) is 0.513. The Kier molecular flexibility index (Phi) is 8.52. The third-order valence-electron chi connectivity index (χ3n) is 5.20. The maximum absolute atomic E-state index is 13.0. The molecule has 0 heterocycles. The van der Waals surface area contributed by atoms with E-state index in [-0.39, 0.29) is 43.3 Å². The SMILES string of the molecule is CCN(CC(=O)NCc1ccc(F)cc1)C(=O)CNC(c1ccccc1)c1ccccc1. The van der Waals surface area contributed by atoms with Gasteiger partial charge in [0.15, 0.2) is 0 Å². The van der Waals surface area contributed by atoms with E-state index in [0.29, 0.717) is 6.54 Å². The average Bonchev–Trinajstić information content (AvgIpc) is 2.83. The first kappa shape index (κ1) is 23.2. The van der Waals surface area contributed by atoms with E-state index in [1.54, 1.807) is 12.1 Å². The van der Waals surface area contributed by atoms with Crippen LogP contribution in [-0.4, -0.2) is 36.3 Å². The van der Waals surface area contributed by atoms with Crippen LogP contribution in [0.25, 0.3) is 0 Å². The molecule has 0 unspecified atom stereocenters. The Bertz CT molecular complexity index is 955. The van der Waals surface area contributed by atoms with Crippen molar-refractivity contribution in [3.8, 4) is 0 Å². The molecule has 0 aliphatic heterocycles. The number of benzene rings is 3. The Labute approximate surface area is 188 Å². The van der Waals surface area contributed by atoms with Crippen LogP contribution in [0.4, 0.5) is 4.39 Å². The zero-order valence-corrected chi connectivity index (χ0v) is 18.1. The molecule has 0 saturated carbocycles. The number of halogens is 1.